The fourth-order valence-corrected chi connectivity index (χ4v) is 3.28. The predicted molar refractivity (Wildman–Crippen MR) is 87.5 cm³/mol. The fraction of sp³-hybridized carbons (Fsp3) is 0.353. The van der Waals surface area contributed by atoms with Crippen LogP contribution in [0.15, 0.2) is 42.6 Å². The zero-order chi connectivity index (χ0) is 16.3. The zero-order valence-corrected chi connectivity index (χ0v) is 13.8. The van der Waals surface area contributed by atoms with Crippen molar-refractivity contribution in [3.05, 3.63) is 53.9 Å². The van der Waals surface area contributed by atoms with E-state index < -0.39 is 9.84 Å². The van der Waals surface area contributed by atoms with Gasteiger partial charge in [0.1, 0.15) is 12.7 Å². The summed E-state index contributed by atoms with van der Waals surface area (Å²) in [6, 6.07) is 11.3. The first kappa shape index (κ1) is 15.8. The molecule has 1 atom stereocenters. The molecule has 0 spiro atoms. The van der Waals surface area contributed by atoms with Gasteiger partial charge in [0.15, 0.2) is 21.3 Å². The molecule has 0 amide bonds. The van der Waals surface area contributed by atoms with E-state index in [9.17, 15) is 8.42 Å². The predicted octanol–water partition coefficient (Wildman–Crippen LogP) is 2.40. The van der Waals surface area contributed by atoms with Crippen molar-refractivity contribution < 1.29 is 17.9 Å². The van der Waals surface area contributed by atoms with Crippen LogP contribution in [0.1, 0.15) is 17.7 Å². The number of hydrogen-bond donors (Lipinski definition) is 0. The van der Waals surface area contributed by atoms with E-state index in [-0.39, 0.29) is 11.9 Å². The molecular formula is C17H19NO4S. The summed E-state index contributed by atoms with van der Waals surface area (Å²) in [6.07, 6.45) is 4.41. The molecule has 0 radical (unpaired) electrons. The Balaban J connectivity index is 1.55. The molecule has 1 aromatic carbocycles. The lowest BCUT2D eigenvalue weighted by atomic mass is 10.1. The lowest BCUT2D eigenvalue weighted by Crippen LogP contribution is -2.29. The molecule has 0 N–H and O–H groups in total. The Morgan fingerprint density at radius 3 is 2.65 bits per heavy atom. The van der Waals surface area contributed by atoms with Crippen LogP contribution in [-0.2, 0) is 22.0 Å². The monoisotopic (exact) mass is 333 g/mol. The molecule has 2 aromatic rings. The number of sulfone groups is 1. The van der Waals surface area contributed by atoms with Gasteiger partial charge in [0.25, 0.3) is 0 Å². The minimum absolute atomic E-state index is 0.00222. The van der Waals surface area contributed by atoms with E-state index in [1.807, 2.05) is 36.4 Å². The smallest absolute Gasteiger partial charge is 0.161 e. The average Bonchev–Trinajstić information content (AvgIpc) is 2.52. The van der Waals surface area contributed by atoms with Crippen molar-refractivity contribution in [2.75, 3.05) is 12.9 Å². The minimum Gasteiger partial charge on any atom is -0.486 e. The molecule has 0 fully saturated rings. The molecular weight excluding hydrogens is 314 g/mol. The van der Waals surface area contributed by atoms with Crippen molar-refractivity contribution >= 4 is 9.84 Å². The highest BCUT2D eigenvalue weighted by atomic mass is 32.2. The maximum atomic E-state index is 11.3. The van der Waals surface area contributed by atoms with Crippen LogP contribution < -0.4 is 9.47 Å². The van der Waals surface area contributed by atoms with Gasteiger partial charge in [-0.05, 0) is 36.6 Å². The largest absolute Gasteiger partial charge is 0.486 e. The van der Waals surface area contributed by atoms with Crippen molar-refractivity contribution in [2.24, 2.45) is 0 Å². The van der Waals surface area contributed by atoms with E-state index in [1.54, 1.807) is 6.20 Å². The highest BCUT2D eigenvalue weighted by Gasteiger charge is 2.20. The van der Waals surface area contributed by atoms with Crippen LogP contribution >= 0.6 is 0 Å². The van der Waals surface area contributed by atoms with Gasteiger partial charge in [-0.25, -0.2) is 8.42 Å². The van der Waals surface area contributed by atoms with Gasteiger partial charge < -0.3 is 9.47 Å². The molecule has 1 aliphatic rings. The van der Waals surface area contributed by atoms with E-state index in [0.29, 0.717) is 12.2 Å². The van der Waals surface area contributed by atoms with E-state index in [4.69, 9.17) is 9.47 Å². The van der Waals surface area contributed by atoms with Crippen LogP contribution in [-0.4, -0.2) is 32.4 Å². The van der Waals surface area contributed by atoms with Crippen LogP contribution in [0.4, 0.5) is 0 Å². The number of benzene rings is 1. The van der Waals surface area contributed by atoms with Gasteiger partial charge in [-0.2, -0.15) is 0 Å². The Hall–Kier alpha value is -2.08. The molecule has 122 valence electrons. The summed E-state index contributed by atoms with van der Waals surface area (Å²) >= 11 is 0. The minimum atomic E-state index is -3.02. The molecule has 6 heteroatoms. The second kappa shape index (κ2) is 6.58. The van der Waals surface area contributed by atoms with Crippen LogP contribution in [0.25, 0.3) is 0 Å². The topological polar surface area (TPSA) is 65.5 Å². The Morgan fingerprint density at radius 1 is 1.17 bits per heavy atom. The Bertz CT molecular complexity index is 771. The summed E-state index contributed by atoms with van der Waals surface area (Å²) < 4.78 is 34.1. The first-order valence-corrected chi connectivity index (χ1v) is 9.56. The van der Waals surface area contributed by atoms with E-state index in [1.165, 1.54) is 6.26 Å². The number of nitrogens with zero attached hydrogens (tertiary/aromatic N) is 1. The van der Waals surface area contributed by atoms with Crippen LogP contribution in [0.5, 0.6) is 11.5 Å². The fourth-order valence-electron chi connectivity index (χ4n) is 2.51. The van der Waals surface area contributed by atoms with Crippen LogP contribution in [0.2, 0.25) is 0 Å². The number of aryl methyl sites for hydroxylation is 1. The normalized spacial score (nSPS) is 17.0. The molecule has 5 nitrogen and oxygen atoms in total. The summed E-state index contributed by atoms with van der Waals surface area (Å²) in [4.78, 5) is 4.33. The molecule has 0 saturated carbocycles. The zero-order valence-electron chi connectivity index (χ0n) is 12.9. The third-order valence-electron chi connectivity index (χ3n) is 3.60. The average molecular weight is 333 g/mol. The lowest BCUT2D eigenvalue weighted by Gasteiger charge is -2.26. The highest BCUT2D eigenvalue weighted by Crippen LogP contribution is 2.31. The van der Waals surface area contributed by atoms with Gasteiger partial charge in [-0.15, -0.1) is 0 Å². The van der Waals surface area contributed by atoms with E-state index >= 15 is 0 Å². The van der Waals surface area contributed by atoms with Crippen molar-refractivity contribution in [1.82, 2.24) is 4.98 Å². The molecule has 1 aliphatic heterocycles. The third kappa shape index (κ3) is 4.45. The van der Waals surface area contributed by atoms with Gasteiger partial charge in [-0.1, -0.05) is 18.2 Å². The summed E-state index contributed by atoms with van der Waals surface area (Å²) in [7, 11) is -3.02. The number of para-hydroxylation sites is 2. The molecule has 0 aliphatic carbocycles. The highest BCUT2D eigenvalue weighted by molar-refractivity contribution is 7.89. The molecule has 3 rings (SSSR count). The van der Waals surface area contributed by atoms with Crippen molar-refractivity contribution in [3.8, 4) is 11.5 Å². The molecule has 23 heavy (non-hydrogen) atoms. The number of hydrogen-bond acceptors (Lipinski definition) is 5. The number of pyridine rings is 1. The maximum absolute atomic E-state index is 11.3. The molecule has 1 unspecified atom stereocenters. The van der Waals surface area contributed by atoms with Crippen molar-refractivity contribution in [3.63, 3.8) is 0 Å². The quantitative estimate of drug-likeness (QED) is 0.840. The first-order valence-electron chi connectivity index (χ1n) is 7.50. The lowest BCUT2D eigenvalue weighted by molar-refractivity contribution is 0.0849. The third-order valence-corrected chi connectivity index (χ3v) is 4.46. The number of aromatic nitrogens is 1. The summed E-state index contributed by atoms with van der Waals surface area (Å²) in [5, 5.41) is 0. The number of rotatable bonds is 5. The second-order valence-corrected chi connectivity index (χ2v) is 7.90. The molecule has 2 heterocycles. The SMILES string of the molecule is CS(=O)(=O)Cc1ccc(CCC2COc3ccccc3O2)nc1. The molecule has 0 saturated heterocycles. The molecule has 1 aromatic heterocycles. The van der Waals surface area contributed by atoms with Crippen molar-refractivity contribution in [2.45, 2.75) is 24.7 Å². The summed E-state index contributed by atoms with van der Waals surface area (Å²) in [5.41, 5.74) is 1.63. The van der Waals surface area contributed by atoms with Gasteiger partial charge >= 0.3 is 0 Å². The maximum Gasteiger partial charge on any atom is 0.161 e. The standard InChI is InChI=1S/C17H19NO4S/c1-23(19,20)12-13-6-7-14(18-10-13)8-9-15-11-21-16-4-2-3-5-17(16)22-15/h2-7,10,15H,8-9,11-12H2,1H3. The Kier molecular flexibility index (Phi) is 4.52. The number of fused-ring (bicyclic) bond motifs is 1. The summed E-state index contributed by atoms with van der Waals surface area (Å²) in [5.74, 6) is 1.59. The first-order chi connectivity index (χ1) is 11.0. The Morgan fingerprint density at radius 2 is 1.96 bits per heavy atom. The van der Waals surface area contributed by atoms with E-state index in [2.05, 4.69) is 4.98 Å². The van der Waals surface area contributed by atoms with Gasteiger partial charge in [-0.3, -0.25) is 4.98 Å². The van der Waals surface area contributed by atoms with Gasteiger partial charge in [0.05, 0.1) is 5.75 Å². The number of ether oxygens (including phenoxy) is 2. The summed E-state index contributed by atoms with van der Waals surface area (Å²) in [6.45, 7) is 0.531. The van der Waals surface area contributed by atoms with Crippen LogP contribution in [0.3, 0.4) is 0 Å². The van der Waals surface area contributed by atoms with Crippen molar-refractivity contribution in [1.29, 1.82) is 0 Å². The Labute approximate surface area is 136 Å². The van der Waals surface area contributed by atoms with Gasteiger partial charge in [0.2, 0.25) is 0 Å². The van der Waals surface area contributed by atoms with Crippen LogP contribution in [0, 0.1) is 0 Å². The second-order valence-electron chi connectivity index (χ2n) is 5.76. The van der Waals surface area contributed by atoms with E-state index in [0.717, 1.165) is 30.0 Å². The molecule has 0 bridgehead atoms. The van der Waals surface area contributed by atoms with Gasteiger partial charge in [0, 0.05) is 18.1 Å².